The third-order valence-corrected chi connectivity index (χ3v) is 5.78. The smallest absolute Gasteiger partial charge is 0.213 e. The first kappa shape index (κ1) is 30.3. The second-order valence-corrected chi connectivity index (χ2v) is 8.93. The Bertz CT molecular complexity index is 1380. The van der Waals surface area contributed by atoms with Crippen LogP contribution in [0.4, 0.5) is 11.4 Å². The molecule has 0 fully saturated rings. The molecular weight excluding hydrogens is 560 g/mol. The minimum absolute atomic E-state index is 0. The van der Waals surface area contributed by atoms with Gasteiger partial charge in [0, 0.05) is 24.4 Å². The van der Waals surface area contributed by atoms with E-state index in [4.69, 9.17) is 32.9 Å². The monoisotopic (exact) mass is 583 g/mol. The van der Waals surface area contributed by atoms with E-state index in [0.29, 0.717) is 51.7 Å². The van der Waals surface area contributed by atoms with E-state index < -0.39 is 0 Å². The SMILES string of the molecule is CC(=O)c1cnc2ccc(-c3cc(Cl)c(O)c(Cl)c3)nc2c1Nc1ccc(OCCN(C)C)nc1.Cl.Cl. The van der Waals surface area contributed by atoms with E-state index in [9.17, 15) is 9.90 Å². The number of benzene rings is 1. The van der Waals surface area contributed by atoms with Crippen LogP contribution < -0.4 is 10.1 Å². The van der Waals surface area contributed by atoms with Crippen LogP contribution in [0.2, 0.25) is 10.0 Å². The molecule has 0 aliphatic rings. The Morgan fingerprint density at radius 1 is 1.05 bits per heavy atom. The summed E-state index contributed by atoms with van der Waals surface area (Å²) in [5.74, 6) is 0.147. The number of hydrogen-bond acceptors (Lipinski definition) is 8. The number of nitrogens with zero attached hydrogens (tertiary/aromatic N) is 4. The van der Waals surface area contributed by atoms with Gasteiger partial charge in [-0.05, 0) is 51.4 Å². The van der Waals surface area contributed by atoms with Crippen molar-refractivity contribution in [3.63, 3.8) is 0 Å². The molecule has 0 bridgehead atoms. The number of phenolic OH excluding ortho intramolecular Hbond substituents is 1. The summed E-state index contributed by atoms with van der Waals surface area (Å²) >= 11 is 12.2. The van der Waals surface area contributed by atoms with Crippen molar-refractivity contribution in [1.82, 2.24) is 19.9 Å². The van der Waals surface area contributed by atoms with Gasteiger partial charge < -0.3 is 20.1 Å². The van der Waals surface area contributed by atoms with Crippen LogP contribution in [0.15, 0.2) is 48.8 Å². The molecule has 4 rings (SSSR count). The van der Waals surface area contributed by atoms with Crippen LogP contribution in [0.3, 0.4) is 0 Å². The number of carbonyl (C=O) groups excluding carboxylic acids is 1. The van der Waals surface area contributed by atoms with Crippen molar-refractivity contribution >= 4 is 76.2 Å². The van der Waals surface area contributed by atoms with E-state index >= 15 is 0 Å². The van der Waals surface area contributed by atoms with Gasteiger partial charge in [0.05, 0.1) is 44.4 Å². The summed E-state index contributed by atoms with van der Waals surface area (Å²) in [7, 11) is 3.94. The van der Waals surface area contributed by atoms with Crippen LogP contribution in [-0.2, 0) is 0 Å². The molecule has 0 aliphatic heterocycles. The summed E-state index contributed by atoms with van der Waals surface area (Å²) in [6, 6.07) is 10.3. The molecule has 0 saturated carbocycles. The van der Waals surface area contributed by atoms with Crippen LogP contribution >= 0.6 is 48.0 Å². The highest BCUT2D eigenvalue weighted by Gasteiger charge is 2.16. The first-order valence-electron chi connectivity index (χ1n) is 10.7. The fraction of sp³-hybridized carbons (Fsp3) is 0.200. The van der Waals surface area contributed by atoms with Crippen molar-refractivity contribution in [2.24, 2.45) is 0 Å². The second-order valence-electron chi connectivity index (χ2n) is 8.12. The fourth-order valence-corrected chi connectivity index (χ4v) is 3.84. The minimum atomic E-state index is -0.192. The number of halogens is 4. The summed E-state index contributed by atoms with van der Waals surface area (Å²) in [5.41, 5.74) is 3.78. The zero-order valence-corrected chi connectivity index (χ0v) is 23.3. The van der Waals surface area contributed by atoms with E-state index in [2.05, 4.69) is 15.3 Å². The molecule has 0 unspecified atom stereocenters. The molecule has 2 N–H and O–H groups in total. The van der Waals surface area contributed by atoms with Gasteiger partial charge in [-0.3, -0.25) is 9.78 Å². The zero-order valence-electron chi connectivity index (χ0n) is 20.2. The van der Waals surface area contributed by atoms with Gasteiger partial charge in [0.2, 0.25) is 5.88 Å². The van der Waals surface area contributed by atoms with E-state index in [1.54, 1.807) is 36.5 Å². The number of ketones is 1. The molecule has 3 aromatic heterocycles. The molecule has 8 nitrogen and oxygen atoms in total. The number of hydrogen-bond donors (Lipinski definition) is 2. The van der Waals surface area contributed by atoms with Crippen molar-refractivity contribution < 1.29 is 14.6 Å². The quantitative estimate of drug-likeness (QED) is 0.228. The third-order valence-electron chi connectivity index (χ3n) is 5.20. The van der Waals surface area contributed by atoms with Gasteiger partial charge in [0.1, 0.15) is 12.1 Å². The Morgan fingerprint density at radius 2 is 1.76 bits per heavy atom. The van der Waals surface area contributed by atoms with Gasteiger partial charge in [0.25, 0.3) is 0 Å². The largest absolute Gasteiger partial charge is 0.505 e. The summed E-state index contributed by atoms with van der Waals surface area (Å²) in [6.07, 6.45) is 3.15. The lowest BCUT2D eigenvalue weighted by Crippen LogP contribution is -2.19. The molecule has 0 atom stereocenters. The first-order chi connectivity index (χ1) is 16.7. The van der Waals surface area contributed by atoms with E-state index in [1.165, 1.54) is 13.1 Å². The maximum absolute atomic E-state index is 12.4. The number of likely N-dealkylation sites (N-methyl/N-ethyl adjacent to an activating group) is 1. The van der Waals surface area contributed by atoms with Gasteiger partial charge in [-0.1, -0.05) is 23.2 Å². The van der Waals surface area contributed by atoms with E-state index in [-0.39, 0.29) is 46.4 Å². The third kappa shape index (κ3) is 7.12. The number of anilines is 2. The van der Waals surface area contributed by atoms with Crippen molar-refractivity contribution in [2.75, 3.05) is 32.6 Å². The lowest BCUT2D eigenvalue weighted by Gasteiger charge is -2.14. The summed E-state index contributed by atoms with van der Waals surface area (Å²) < 4.78 is 5.65. The number of aromatic nitrogens is 3. The van der Waals surface area contributed by atoms with Crippen LogP contribution in [-0.4, -0.2) is 58.0 Å². The predicted octanol–water partition coefficient (Wildman–Crippen LogP) is 6.43. The summed E-state index contributed by atoms with van der Waals surface area (Å²) in [4.78, 5) is 27.9. The van der Waals surface area contributed by atoms with Gasteiger partial charge in [-0.2, -0.15) is 0 Å². The fourth-order valence-electron chi connectivity index (χ4n) is 3.35. The number of nitrogens with one attached hydrogen (secondary N) is 1. The molecule has 0 amide bonds. The van der Waals surface area contributed by atoms with E-state index in [0.717, 1.165) is 6.54 Å². The molecule has 12 heteroatoms. The van der Waals surface area contributed by atoms with Crippen LogP contribution in [0, 0.1) is 0 Å². The average Bonchev–Trinajstić information content (AvgIpc) is 2.82. The lowest BCUT2D eigenvalue weighted by atomic mass is 10.1. The maximum atomic E-state index is 12.4. The molecule has 196 valence electrons. The number of ether oxygens (including phenoxy) is 1. The van der Waals surface area contributed by atoms with Crippen LogP contribution in [0.25, 0.3) is 22.3 Å². The number of carbonyl (C=O) groups is 1. The molecule has 37 heavy (non-hydrogen) atoms. The second kappa shape index (κ2) is 13.1. The van der Waals surface area contributed by atoms with Gasteiger partial charge in [-0.25, -0.2) is 9.97 Å². The average molecular weight is 585 g/mol. The summed E-state index contributed by atoms with van der Waals surface area (Å²) in [5, 5.41) is 13.4. The van der Waals surface area contributed by atoms with Crippen molar-refractivity contribution in [2.45, 2.75) is 6.92 Å². The van der Waals surface area contributed by atoms with Crippen LogP contribution in [0.5, 0.6) is 11.6 Å². The number of phenols is 1. The van der Waals surface area contributed by atoms with Crippen molar-refractivity contribution in [3.05, 3.63) is 64.4 Å². The molecule has 0 saturated heterocycles. The Hall–Kier alpha value is -2.88. The van der Waals surface area contributed by atoms with Gasteiger partial charge in [0.15, 0.2) is 11.5 Å². The number of rotatable bonds is 8. The van der Waals surface area contributed by atoms with Gasteiger partial charge >= 0.3 is 0 Å². The van der Waals surface area contributed by atoms with Crippen LogP contribution in [0.1, 0.15) is 17.3 Å². The Labute approximate surface area is 236 Å². The normalized spacial score (nSPS) is 10.5. The van der Waals surface area contributed by atoms with Crippen molar-refractivity contribution in [1.29, 1.82) is 0 Å². The maximum Gasteiger partial charge on any atom is 0.213 e. The molecule has 0 aliphatic carbocycles. The lowest BCUT2D eigenvalue weighted by molar-refractivity contribution is 0.101. The number of fused-ring (bicyclic) bond motifs is 1. The van der Waals surface area contributed by atoms with Gasteiger partial charge in [-0.15, -0.1) is 24.8 Å². The summed E-state index contributed by atoms with van der Waals surface area (Å²) in [6.45, 7) is 2.77. The molecular formula is C25H25Cl4N5O3. The zero-order chi connectivity index (χ0) is 25.1. The molecule has 4 aromatic rings. The van der Waals surface area contributed by atoms with E-state index in [1.807, 2.05) is 25.1 Å². The Kier molecular flexibility index (Phi) is 10.7. The Morgan fingerprint density at radius 3 is 2.35 bits per heavy atom. The molecule has 0 radical (unpaired) electrons. The topological polar surface area (TPSA) is 100 Å². The predicted molar refractivity (Wildman–Crippen MR) is 153 cm³/mol. The Balaban J connectivity index is 0.00000241. The first-order valence-corrected chi connectivity index (χ1v) is 11.5. The highest BCUT2D eigenvalue weighted by molar-refractivity contribution is 6.37. The number of Topliss-reactive ketones (excluding diaryl/α,β-unsaturated/α-hetero) is 1. The molecule has 0 spiro atoms. The number of pyridine rings is 3. The molecule has 3 heterocycles. The minimum Gasteiger partial charge on any atom is -0.505 e. The molecule has 1 aromatic carbocycles. The van der Waals surface area contributed by atoms with Crippen molar-refractivity contribution in [3.8, 4) is 22.9 Å². The number of aromatic hydroxyl groups is 1. The highest BCUT2D eigenvalue weighted by Crippen LogP contribution is 2.37. The standard InChI is InChI=1S/C25H23Cl2N5O3.2ClH/c1-14(33)17-13-28-21-6-5-20(15-10-18(26)25(34)19(27)11-15)31-24(21)23(17)30-16-4-7-22(29-12-16)35-9-8-32(2)3;;/h4-7,10-13,34H,8-9H2,1-3H3,(H,28,30);2*1H. The highest BCUT2D eigenvalue weighted by atomic mass is 35.5.